The molecule has 5 nitrogen and oxygen atoms in total. The Hall–Kier alpha value is -1.36. The van der Waals surface area contributed by atoms with Gasteiger partial charge in [0, 0.05) is 25.7 Å². The summed E-state index contributed by atoms with van der Waals surface area (Å²) in [7, 11) is 0. The van der Waals surface area contributed by atoms with Gasteiger partial charge >= 0.3 is 0 Å². The van der Waals surface area contributed by atoms with Crippen LogP contribution in [-0.4, -0.2) is 41.6 Å². The predicted octanol–water partition coefficient (Wildman–Crippen LogP) is 0.663. The molecule has 0 radical (unpaired) electrons. The minimum atomic E-state index is 0.0608. The molecule has 3 unspecified atom stereocenters. The molecule has 3 rings (SSSR count). The van der Waals surface area contributed by atoms with Crippen molar-refractivity contribution in [3.05, 3.63) is 17.5 Å². The highest BCUT2D eigenvalue weighted by molar-refractivity contribution is 5.95. The van der Waals surface area contributed by atoms with Gasteiger partial charge < -0.3 is 14.7 Å². The molecule has 0 aliphatic carbocycles. The molecule has 2 aliphatic rings. The average molecular weight is 235 g/mol. The molecule has 92 valence electrons. The number of aromatic nitrogens is 1. The van der Waals surface area contributed by atoms with Gasteiger partial charge in [0.15, 0.2) is 0 Å². The largest absolute Gasteiger partial charge is 0.361 e. The maximum absolute atomic E-state index is 12.4. The molecule has 2 aliphatic heterocycles. The lowest BCUT2D eigenvalue weighted by atomic mass is 9.95. The first-order chi connectivity index (χ1) is 8.18. The quantitative estimate of drug-likeness (QED) is 0.777. The van der Waals surface area contributed by atoms with Crippen molar-refractivity contribution in [1.82, 2.24) is 15.4 Å². The number of rotatable bonds is 1. The minimum Gasteiger partial charge on any atom is -0.361 e. The van der Waals surface area contributed by atoms with Crippen LogP contribution in [0.25, 0.3) is 0 Å². The minimum absolute atomic E-state index is 0.0608. The number of aryl methyl sites for hydroxylation is 1. The third-order valence-corrected chi connectivity index (χ3v) is 4.18. The Kier molecular flexibility index (Phi) is 2.43. The molecule has 0 spiro atoms. The second-order valence-corrected chi connectivity index (χ2v) is 5.08. The van der Waals surface area contributed by atoms with Gasteiger partial charge in [-0.1, -0.05) is 5.16 Å². The number of nitrogens with zero attached hydrogens (tertiary/aromatic N) is 2. The van der Waals surface area contributed by atoms with Crippen molar-refractivity contribution in [2.75, 3.05) is 19.6 Å². The topological polar surface area (TPSA) is 58.4 Å². The number of fused-ring (bicyclic) bond motifs is 1. The molecule has 2 fully saturated rings. The van der Waals surface area contributed by atoms with E-state index in [9.17, 15) is 4.79 Å². The smallest absolute Gasteiger partial charge is 0.259 e. The van der Waals surface area contributed by atoms with Crippen LogP contribution >= 0.6 is 0 Å². The summed E-state index contributed by atoms with van der Waals surface area (Å²) in [4.78, 5) is 14.3. The van der Waals surface area contributed by atoms with E-state index in [1.807, 2.05) is 4.90 Å². The normalized spacial score (nSPS) is 31.9. The second kappa shape index (κ2) is 3.84. The third kappa shape index (κ3) is 1.57. The Morgan fingerprint density at radius 2 is 2.41 bits per heavy atom. The van der Waals surface area contributed by atoms with Gasteiger partial charge in [0.2, 0.25) is 0 Å². The van der Waals surface area contributed by atoms with Gasteiger partial charge in [0.25, 0.3) is 5.91 Å². The Morgan fingerprint density at radius 1 is 1.59 bits per heavy atom. The zero-order chi connectivity index (χ0) is 12.0. The fourth-order valence-electron chi connectivity index (χ4n) is 3.09. The maximum Gasteiger partial charge on any atom is 0.259 e. The third-order valence-electron chi connectivity index (χ3n) is 4.18. The van der Waals surface area contributed by atoms with Gasteiger partial charge in [-0.3, -0.25) is 4.79 Å². The molecule has 0 bridgehead atoms. The van der Waals surface area contributed by atoms with Crippen molar-refractivity contribution in [3.8, 4) is 0 Å². The van der Waals surface area contributed by atoms with Crippen molar-refractivity contribution in [1.29, 1.82) is 0 Å². The summed E-state index contributed by atoms with van der Waals surface area (Å²) in [6.45, 7) is 6.82. The van der Waals surface area contributed by atoms with Crippen LogP contribution in [0.15, 0.2) is 10.7 Å². The van der Waals surface area contributed by atoms with Gasteiger partial charge in [-0.15, -0.1) is 0 Å². The van der Waals surface area contributed by atoms with E-state index >= 15 is 0 Å². The van der Waals surface area contributed by atoms with E-state index in [1.165, 1.54) is 6.20 Å². The van der Waals surface area contributed by atoms with Crippen LogP contribution in [-0.2, 0) is 0 Å². The van der Waals surface area contributed by atoms with Crippen LogP contribution in [0.4, 0.5) is 0 Å². The molecule has 17 heavy (non-hydrogen) atoms. The van der Waals surface area contributed by atoms with E-state index in [0.29, 0.717) is 29.2 Å². The van der Waals surface area contributed by atoms with E-state index in [4.69, 9.17) is 4.52 Å². The molecule has 1 aromatic heterocycles. The summed E-state index contributed by atoms with van der Waals surface area (Å²) < 4.78 is 4.96. The van der Waals surface area contributed by atoms with Crippen LogP contribution in [0.3, 0.4) is 0 Å². The molecule has 1 aromatic rings. The zero-order valence-electron chi connectivity index (χ0n) is 10.1. The summed E-state index contributed by atoms with van der Waals surface area (Å²) in [6.07, 6.45) is 1.52. The summed E-state index contributed by atoms with van der Waals surface area (Å²) >= 11 is 0. The van der Waals surface area contributed by atoms with E-state index in [1.54, 1.807) is 6.92 Å². The first-order valence-corrected chi connectivity index (χ1v) is 6.11. The highest BCUT2D eigenvalue weighted by Gasteiger charge is 2.44. The molecular weight excluding hydrogens is 218 g/mol. The summed E-state index contributed by atoms with van der Waals surface area (Å²) in [5.41, 5.74) is 0.602. The Labute approximate surface area is 100 Å². The molecular formula is C12H17N3O2. The summed E-state index contributed by atoms with van der Waals surface area (Å²) in [5.74, 6) is 1.87. The standard InChI is InChI=1S/C12H17N3O2/c1-7-10-4-13-3-9(10)6-15(7)12(16)11-5-14-17-8(11)2/h5,7,9-10,13H,3-4,6H2,1-2H3. The molecule has 3 atom stereocenters. The number of carbonyl (C=O) groups excluding carboxylic acids is 1. The monoisotopic (exact) mass is 235 g/mol. The summed E-state index contributed by atoms with van der Waals surface area (Å²) in [5, 5.41) is 7.07. The van der Waals surface area contributed by atoms with E-state index in [0.717, 1.165) is 19.6 Å². The molecule has 2 saturated heterocycles. The molecule has 1 N–H and O–H groups in total. The number of amides is 1. The predicted molar refractivity (Wildman–Crippen MR) is 61.6 cm³/mol. The molecule has 5 heteroatoms. The zero-order valence-corrected chi connectivity index (χ0v) is 10.1. The Morgan fingerprint density at radius 3 is 3.06 bits per heavy atom. The molecule has 0 saturated carbocycles. The highest BCUT2D eigenvalue weighted by atomic mass is 16.5. The second-order valence-electron chi connectivity index (χ2n) is 5.08. The lowest BCUT2D eigenvalue weighted by Crippen LogP contribution is -2.38. The maximum atomic E-state index is 12.4. The number of hydrogen-bond donors (Lipinski definition) is 1. The first-order valence-electron chi connectivity index (χ1n) is 6.11. The lowest BCUT2D eigenvalue weighted by molar-refractivity contribution is 0.0727. The SMILES string of the molecule is Cc1oncc1C(=O)N1CC2CNCC2C1C. The fourth-order valence-corrected chi connectivity index (χ4v) is 3.09. The van der Waals surface area contributed by atoms with Gasteiger partial charge in [-0.25, -0.2) is 0 Å². The molecule has 3 heterocycles. The van der Waals surface area contributed by atoms with E-state index in [-0.39, 0.29) is 5.91 Å². The van der Waals surface area contributed by atoms with Crippen molar-refractivity contribution < 1.29 is 9.32 Å². The number of hydrogen-bond acceptors (Lipinski definition) is 4. The summed E-state index contributed by atoms with van der Waals surface area (Å²) in [6, 6.07) is 0.303. The number of likely N-dealkylation sites (tertiary alicyclic amines) is 1. The van der Waals surface area contributed by atoms with Gasteiger partial charge in [0.1, 0.15) is 11.3 Å². The lowest BCUT2D eigenvalue weighted by Gasteiger charge is -2.24. The number of carbonyl (C=O) groups is 1. The van der Waals surface area contributed by atoms with Crippen LogP contribution in [0, 0.1) is 18.8 Å². The van der Waals surface area contributed by atoms with E-state index in [2.05, 4.69) is 17.4 Å². The van der Waals surface area contributed by atoms with Gasteiger partial charge in [-0.05, 0) is 25.7 Å². The van der Waals surface area contributed by atoms with E-state index < -0.39 is 0 Å². The molecule has 0 aromatic carbocycles. The fraction of sp³-hybridized carbons (Fsp3) is 0.667. The van der Waals surface area contributed by atoms with Crippen LogP contribution in [0.5, 0.6) is 0 Å². The number of nitrogens with one attached hydrogen (secondary N) is 1. The highest BCUT2D eigenvalue weighted by Crippen LogP contribution is 2.33. The van der Waals surface area contributed by atoms with Crippen molar-refractivity contribution >= 4 is 5.91 Å². The van der Waals surface area contributed by atoms with Crippen molar-refractivity contribution in [3.63, 3.8) is 0 Å². The van der Waals surface area contributed by atoms with Crippen molar-refractivity contribution in [2.24, 2.45) is 11.8 Å². The van der Waals surface area contributed by atoms with Crippen LogP contribution in [0.1, 0.15) is 23.0 Å². The van der Waals surface area contributed by atoms with Crippen LogP contribution in [0.2, 0.25) is 0 Å². The Bertz CT molecular complexity index is 443. The first kappa shape index (κ1) is 10.8. The Balaban J connectivity index is 1.82. The average Bonchev–Trinajstić information content (AvgIpc) is 2.96. The van der Waals surface area contributed by atoms with Crippen LogP contribution < -0.4 is 5.32 Å². The van der Waals surface area contributed by atoms with Gasteiger partial charge in [0.05, 0.1) is 6.20 Å². The van der Waals surface area contributed by atoms with Gasteiger partial charge in [-0.2, -0.15) is 0 Å². The van der Waals surface area contributed by atoms with Crippen molar-refractivity contribution in [2.45, 2.75) is 19.9 Å². The molecule has 1 amide bonds.